The molecule has 3 heteroatoms. The Morgan fingerprint density at radius 3 is 2.88 bits per heavy atom. The minimum atomic E-state index is 0.329. The predicted octanol–water partition coefficient (Wildman–Crippen LogP) is 2.60. The van der Waals surface area contributed by atoms with Crippen molar-refractivity contribution in [2.24, 2.45) is 0 Å². The molecule has 1 aromatic heterocycles. The number of nitrogens with zero attached hydrogens (tertiary/aromatic N) is 2. The zero-order valence-electron chi connectivity index (χ0n) is 10.1. The maximum Gasteiger partial charge on any atom is 0.0953 e. The van der Waals surface area contributed by atoms with Crippen LogP contribution in [0.2, 0.25) is 0 Å². The number of hydrogen-bond acceptors (Lipinski definition) is 2. The van der Waals surface area contributed by atoms with Crippen molar-refractivity contribution in [2.75, 3.05) is 6.54 Å². The van der Waals surface area contributed by atoms with Gasteiger partial charge >= 0.3 is 0 Å². The Bertz CT molecular complexity index is 357. The average molecular weight is 219 g/mol. The monoisotopic (exact) mass is 219 g/mol. The van der Waals surface area contributed by atoms with Crippen LogP contribution in [0.4, 0.5) is 0 Å². The van der Waals surface area contributed by atoms with Crippen molar-refractivity contribution in [3.8, 4) is 0 Å². The number of rotatable bonds is 2. The molecule has 0 radical (unpaired) electrons. The van der Waals surface area contributed by atoms with E-state index < -0.39 is 0 Å². The standard InChI is InChI=1S/C13H21N3/c1-13(6-2-3-7-13)16-10-14-9-12(16)11-5-4-8-15-11/h9-11,15H,2-8H2,1H3. The number of aromatic nitrogens is 2. The zero-order chi connectivity index (χ0) is 11.0. The topological polar surface area (TPSA) is 29.9 Å². The molecule has 0 spiro atoms. The first-order valence-electron chi connectivity index (χ1n) is 6.56. The molecular weight excluding hydrogens is 198 g/mol. The van der Waals surface area contributed by atoms with Gasteiger partial charge in [-0.25, -0.2) is 4.98 Å². The van der Waals surface area contributed by atoms with E-state index in [2.05, 4.69) is 28.0 Å². The molecule has 0 amide bonds. The summed E-state index contributed by atoms with van der Waals surface area (Å²) in [7, 11) is 0. The van der Waals surface area contributed by atoms with Crippen molar-refractivity contribution in [3.05, 3.63) is 18.2 Å². The second kappa shape index (κ2) is 3.88. The van der Waals surface area contributed by atoms with Crippen molar-refractivity contribution in [1.82, 2.24) is 14.9 Å². The van der Waals surface area contributed by atoms with Gasteiger partial charge in [-0.1, -0.05) is 12.8 Å². The van der Waals surface area contributed by atoms with Crippen LogP contribution in [-0.2, 0) is 5.54 Å². The highest BCUT2D eigenvalue weighted by molar-refractivity contribution is 5.11. The van der Waals surface area contributed by atoms with Crippen LogP contribution >= 0.6 is 0 Å². The highest BCUT2D eigenvalue weighted by Crippen LogP contribution is 2.38. The molecule has 2 aliphatic rings. The van der Waals surface area contributed by atoms with Crippen LogP contribution in [0.5, 0.6) is 0 Å². The molecule has 3 rings (SSSR count). The summed E-state index contributed by atoms with van der Waals surface area (Å²) in [5.41, 5.74) is 1.73. The third-order valence-electron chi connectivity index (χ3n) is 4.35. The molecule has 16 heavy (non-hydrogen) atoms. The molecule has 0 bridgehead atoms. The first kappa shape index (κ1) is 10.3. The van der Waals surface area contributed by atoms with Gasteiger partial charge in [-0.05, 0) is 39.2 Å². The summed E-state index contributed by atoms with van der Waals surface area (Å²) in [6.45, 7) is 3.55. The van der Waals surface area contributed by atoms with E-state index in [-0.39, 0.29) is 0 Å². The summed E-state index contributed by atoms with van der Waals surface area (Å²) >= 11 is 0. The lowest BCUT2D eigenvalue weighted by atomic mass is 9.99. The molecule has 1 aliphatic carbocycles. The Hall–Kier alpha value is -0.830. The fraction of sp³-hybridized carbons (Fsp3) is 0.769. The summed E-state index contributed by atoms with van der Waals surface area (Å²) < 4.78 is 2.45. The van der Waals surface area contributed by atoms with Crippen molar-refractivity contribution in [3.63, 3.8) is 0 Å². The van der Waals surface area contributed by atoms with E-state index in [9.17, 15) is 0 Å². The molecule has 88 valence electrons. The van der Waals surface area contributed by atoms with Gasteiger partial charge in [0.1, 0.15) is 0 Å². The lowest BCUT2D eigenvalue weighted by Crippen LogP contribution is -2.30. The Morgan fingerprint density at radius 2 is 2.19 bits per heavy atom. The molecular formula is C13H21N3. The van der Waals surface area contributed by atoms with E-state index in [0.29, 0.717) is 11.6 Å². The Balaban J connectivity index is 1.92. The minimum absolute atomic E-state index is 0.329. The van der Waals surface area contributed by atoms with Gasteiger partial charge in [0.25, 0.3) is 0 Å². The normalized spacial score (nSPS) is 28.7. The van der Waals surface area contributed by atoms with Gasteiger partial charge in [-0.3, -0.25) is 0 Å². The van der Waals surface area contributed by atoms with E-state index in [0.717, 1.165) is 6.54 Å². The van der Waals surface area contributed by atoms with Gasteiger partial charge in [0, 0.05) is 17.8 Å². The maximum absolute atomic E-state index is 4.38. The van der Waals surface area contributed by atoms with Crippen LogP contribution in [0.15, 0.2) is 12.5 Å². The van der Waals surface area contributed by atoms with Crippen LogP contribution in [-0.4, -0.2) is 16.1 Å². The number of imidazole rings is 1. The van der Waals surface area contributed by atoms with Crippen molar-refractivity contribution < 1.29 is 0 Å². The Morgan fingerprint density at radius 1 is 1.38 bits per heavy atom. The molecule has 2 fully saturated rings. The van der Waals surface area contributed by atoms with E-state index in [4.69, 9.17) is 0 Å². The molecule has 1 saturated carbocycles. The van der Waals surface area contributed by atoms with Crippen molar-refractivity contribution >= 4 is 0 Å². The molecule has 2 heterocycles. The predicted molar refractivity (Wildman–Crippen MR) is 64.3 cm³/mol. The molecule has 1 aromatic rings. The number of nitrogens with one attached hydrogen (secondary N) is 1. The third kappa shape index (κ3) is 1.58. The largest absolute Gasteiger partial charge is 0.327 e. The van der Waals surface area contributed by atoms with E-state index in [1.807, 2.05) is 6.33 Å². The average Bonchev–Trinajstić information content (AvgIpc) is 2.98. The highest BCUT2D eigenvalue weighted by atomic mass is 15.1. The van der Waals surface area contributed by atoms with Gasteiger partial charge in [0.2, 0.25) is 0 Å². The van der Waals surface area contributed by atoms with Gasteiger partial charge in [-0.15, -0.1) is 0 Å². The summed E-state index contributed by atoms with van der Waals surface area (Å²) in [5.74, 6) is 0. The van der Waals surface area contributed by atoms with Crippen LogP contribution in [0.3, 0.4) is 0 Å². The minimum Gasteiger partial charge on any atom is -0.327 e. The molecule has 1 unspecified atom stereocenters. The van der Waals surface area contributed by atoms with Crippen molar-refractivity contribution in [2.45, 2.75) is 57.0 Å². The fourth-order valence-corrected chi connectivity index (χ4v) is 3.33. The second-order valence-corrected chi connectivity index (χ2v) is 5.54. The SMILES string of the molecule is CC1(n2cncc2C2CCCN2)CCCC1. The quantitative estimate of drug-likeness (QED) is 0.828. The van der Waals surface area contributed by atoms with Crippen LogP contribution in [0.25, 0.3) is 0 Å². The van der Waals surface area contributed by atoms with E-state index >= 15 is 0 Å². The Labute approximate surface area is 97.3 Å². The first-order chi connectivity index (χ1) is 7.80. The molecule has 0 aromatic carbocycles. The fourth-order valence-electron chi connectivity index (χ4n) is 3.33. The molecule has 1 atom stereocenters. The number of hydrogen-bond donors (Lipinski definition) is 1. The highest BCUT2D eigenvalue weighted by Gasteiger charge is 2.33. The lowest BCUT2D eigenvalue weighted by Gasteiger charge is -2.29. The van der Waals surface area contributed by atoms with Crippen LogP contribution in [0, 0.1) is 0 Å². The van der Waals surface area contributed by atoms with Crippen LogP contribution in [0.1, 0.15) is 57.2 Å². The van der Waals surface area contributed by atoms with Crippen LogP contribution < -0.4 is 5.32 Å². The summed E-state index contributed by atoms with van der Waals surface area (Å²) in [4.78, 5) is 4.38. The molecule has 1 saturated heterocycles. The second-order valence-electron chi connectivity index (χ2n) is 5.54. The Kier molecular flexibility index (Phi) is 2.51. The van der Waals surface area contributed by atoms with Gasteiger partial charge < -0.3 is 9.88 Å². The smallest absolute Gasteiger partial charge is 0.0953 e. The first-order valence-corrected chi connectivity index (χ1v) is 6.56. The molecule has 1 aliphatic heterocycles. The maximum atomic E-state index is 4.38. The molecule has 3 nitrogen and oxygen atoms in total. The van der Waals surface area contributed by atoms with Gasteiger partial charge in [-0.2, -0.15) is 0 Å². The zero-order valence-corrected chi connectivity index (χ0v) is 10.1. The molecule has 1 N–H and O–H groups in total. The summed E-state index contributed by atoms with van der Waals surface area (Å²) in [5, 5.41) is 3.58. The summed E-state index contributed by atoms with van der Waals surface area (Å²) in [6.07, 6.45) is 12.0. The van der Waals surface area contributed by atoms with Crippen molar-refractivity contribution in [1.29, 1.82) is 0 Å². The van der Waals surface area contributed by atoms with E-state index in [1.54, 1.807) is 0 Å². The summed E-state index contributed by atoms with van der Waals surface area (Å²) in [6, 6.07) is 0.542. The van der Waals surface area contributed by atoms with Gasteiger partial charge in [0.05, 0.1) is 12.0 Å². The van der Waals surface area contributed by atoms with E-state index in [1.165, 1.54) is 44.2 Å². The lowest BCUT2D eigenvalue weighted by molar-refractivity contribution is 0.311. The third-order valence-corrected chi connectivity index (χ3v) is 4.35. The van der Waals surface area contributed by atoms with Gasteiger partial charge in [0.15, 0.2) is 0 Å².